The zero-order valence-electron chi connectivity index (χ0n) is 10.4. The van der Waals surface area contributed by atoms with Gasteiger partial charge in [0.15, 0.2) is 5.76 Å². The Kier molecular flexibility index (Phi) is 3.69. The predicted molar refractivity (Wildman–Crippen MR) is 64.6 cm³/mol. The van der Waals surface area contributed by atoms with Gasteiger partial charge in [0.1, 0.15) is 6.26 Å². The lowest BCUT2D eigenvalue weighted by atomic mass is 10.0. The van der Waals surface area contributed by atoms with Crippen molar-refractivity contribution in [2.45, 2.75) is 26.2 Å². The molecule has 0 radical (unpaired) electrons. The fourth-order valence-corrected chi connectivity index (χ4v) is 2.18. The fourth-order valence-electron chi connectivity index (χ4n) is 2.18. The minimum Gasteiger partial charge on any atom is -0.478 e. The van der Waals surface area contributed by atoms with Crippen LogP contribution in [-0.2, 0) is 0 Å². The molecule has 0 spiro atoms. The molecule has 5 nitrogen and oxygen atoms in total. The number of nitrogens with zero attached hydrogens (tertiary/aromatic N) is 1. The highest BCUT2D eigenvalue weighted by atomic mass is 16.4. The minimum atomic E-state index is -1.08. The Hall–Kier alpha value is -1.78. The van der Waals surface area contributed by atoms with Crippen molar-refractivity contribution < 1.29 is 19.1 Å². The summed E-state index contributed by atoms with van der Waals surface area (Å²) in [4.78, 5) is 24.6. The highest BCUT2D eigenvalue weighted by Crippen LogP contribution is 2.19. The van der Waals surface area contributed by atoms with Gasteiger partial charge in [0.05, 0.1) is 5.56 Å². The third kappa shape index (κ3) is 2.72. The predicted octanol–water partition coefficient (Wildman–Crippen LogP) is 2.24. The molecule has 1 unspecified atom stereocenters. The number of likely N-dealkylation sites (tertiary alicyclic amines) is 1. The molecule has 2 heterocycles. The van der Waals surface area contributed by atoms with Crippen molar-refractivity contribution in [3.05, 3.63) is 23.7 Å². The van der Waals surface area contributed by atoms with E-state index in [2.05, 4.69) is 6.92 Å². The second-order valence-corrected chi connectivity index (χ2v) is 4.83. The molecular formula is C13H17NO4. The van der Waals surface area contributed by atoms with E-state index in [1.54, 1.807) is 4.90 Å². The molecule has 0 saturated carbocycles. The second-order valence-electron chi connectivity index (χ2n) is 4.83. The van der Waals surface area contributed by atoms with E-state index < -0.39 is 5.97 Å². The van der Waals surface area contributed by atoms with Crippen molar-refractivity contribution in [2.75, 3.05) is 13.1 Å². The lowest BCUT2D eigenvalue weighted by Gasteiger charge is -2.18. The Balaban J connectivity index is 2.07. The maximum Gasteiger partial charge on any atom is 0.338 e. The number of aromatic carboxylic acids is 1. The number of hydrogen-bond donors (Lipinski definition) is 1. The average molecular weight is 251 g/mol. The van der Waals surface area contributed by atoms with Crippen LogP contribution in [0.5, 0.6) is 0 Å². The summed E-state index contributed by atoms with van der Waals surface area (Å²) in [6.45, 7) is 3.61. The van der Waals surface area contributed by atoms with Crippen LogP contribution in [0.4, 0.5) is 0 Å². The molecule has 1 saturated heterocycles. The van der Waals surface area contributed by atoms with Gasteiger partial charge in [-0.1, -0.05) is 6.92 Å². The van der Waals surface area contributed by atoms with E-state index in [0.29, 0.717) is 19.0 Å². The van der Waals surface area contributed by atoms with Crippen molar-refractivity contribution >= 4 is 11.9 Å². The molecule has 1 aromatic heterocycles. The van der Waals surface area contributed by atoms with Gasteiger partial charge in [-0.25, -0.2) is 4.79 Å². The van der Waals surface area contributed by atoms with Crippen LogP contribution in [-0.4, -0.2) is 35.0 Å². The van der Waals surface area contributed by atoms with Crippen LogP contribution in [0.15, 0.2) is 16.7 Å². The first-order chi connectivity index (χ1) is 8.58. The largest absolute Gasteiger partial charge is 0.478 e. The smallest absolute Gasteiger partial charge is 0.338 e. The highest BCUT2D eigenvalue weighted by molar-refractivity contribution is 5.95. The van der Waals surface area contributed by atoms with E-state index in [0.717, 1.165) is 25.5 Å². The Morgan fingerprint density at radius 3 is 2.83 bits per heavy atom. The number of carboxylic acid groups (broad SMARTS) is 1. The van der Waals surface area contributed by atoms with Crippen molar-refractivity contribution in [3.8, 4) is 0 Å². The van der Waals surface area contributed by atoms with E-state index >= 15 is 0 Å². The van der Waals surface area contributed by atoms with Crippen molar-refractivity contribution in [1.29, 1.82) is 0 Å². The standard InChI is InChI=1S/C13H17NO4/c1-9-3-2-5-14(6-4-9)12(15)11-7-10(8-18-11)13(16)17/h7-9H,2-6H2,1H3,(H,16,17). The number of hydrogen-bond acceptors (Lipinski definition) is 3. The Morgan fingerprint density at radius 2 is 2.17 bits per heavy atom. The summed E-state index contributed by atoms with van der Waals surface area (Å²) in [7, 11) is 0. The molecule has 1 amide bonds. The summed E-state index contributed by atoms with van der Waals surface area (Å²) in [6.07, 6.45) is 4.20. The summed E-state index contributed by atoms with van der Waals surface area (Å²) >= 11 is 0. The quantitative estimate of drug-likeness (QED) is 0.875. The van der Waals surface area contributed by atoms with Crippen LogP contribution in [0.3, 0.4) is 0 Å². The van der Waals surface area contributed by atoms with Gasteiger partial charge >= 0.3 is 5.97 Å². The first kappa shape index (κ1) is 12.7. The Labute approximate surface area is 105 Å². The topological polar surface area (TPSA) is 70.8 Å². The first-order valence-electron chi connectivity index (χ1n) is 6.19. The number of carbonyl (C=O) groups excluding carboxylic acids is 1. The van der Waals surface area contributed by atoms with Crippen LogP contribution in [0.25, 0.3) is 0 Å². The number of carbonyl (C=O) groups is 2. The maximum absolute atomic E-state index is 12.1. The molecule has 1 fully saturated rings. The van der Waals surface area contributed by atoms with Gasteiger partial charge in [0.2, 0.25) is 0 Å². The summed E-state index contributed by atoms with van der Waals surface area (Å²) in [5.74, 6) is -0.546. The zero-order valence-corrected chi connectivity index (χ0v) is 10.4. The SMILES string of the molecule is CC1CCCN(C(=O)c2cc(C(=O)O)co2)CC1. The van der Waals surface area contributed by atoms with E-state index in [-0.39, 0.29) is 17.2 Å². The van der Waals surface area contributed by atoms with Gasteiger partial charge in [-0.15, -0.1) is 0 Å². The summed E-state index contributed by atoms with van der Waals surface area (Å²) in [6, 6.07) is 1.29. The zero-order chi connectivity index (χ0) is 13.1. The molecule has 1 aromatic rings. The highest BCUT2D eigenvalue weighted by Gasteiger charge is 2.23. The molecule has 0 bridgehead atoms. The van der Waals surface area contributed by atoms with Crippen LogP contribution in [0.1, 0.15) is 47.1 Å². The monoisotopic (exact) mass is 251 g/mol. The summed E-state index contributed by atoms with van der Waals surface area (Å²) in [5, 5.41) is 8.79. The van der Waals surface area contributed by atoms with Crippen LogP contribution < -0.4 is 0 Å². The summed E-state index contributed by atoms with van der Waals surface area (Å²) < 4.78 is 5.04. The second kappa shape index (κ2) is 5.25. The molecule has 1 aliphatic heterocycles. The molecule has 18 heavy (non-hydrogen) atoms. The third-order valence-corrected chi connectivity index (χ3v) is 3.36. The number of carboxylic acids is 1. The third-order valence-electron chi connectivity index (χ3n) is 3.36. The molecule has 98 valence electrons. The normalized spacial score (nSPS) is 20.5. The molecule has 5 heteroatoms. The van der Waals surface area contributed by atoms with E-state index in [1.165, 1.54) is 6.07 Å². The van der Waals surface area contributed by atoms with E-state index in [9.17, 15) is 9.59 Å². The van der Waals surface area contributed by atoms with Gasteiger partial charge in [0.25, 0.3) is 5.91 Å². The van der Waals surface area contributed by atoms with Crippen LogP contribution in [0.2, 0.25) is 0 Å². The molecule has 0 aromatic carbocycles. The molecular weight excluding hydrogens is 234 g/mol. The molecule has 1 aliphatic rings. The molecule has 0 aliphatic carbocycles. The lowest BCUT2D eigenvalue weighted by molar-refractivity contribution is 0.0694. The van der Waals surface area contributed by atoms with Gasteiger partial charge < -0.3 is 14.4 Å². The maximum atomic E-state index is 12.1. The van der Waals surface area contributed by atoms with Gasteiger partial charge in [-0.05, 0) is 25.2 Å². The van der Waals surface area contributed by atoms with Crippen molar-refractivity contribution in [3.63, 3.8) is 0 Å². The van der Waals surface area contributed by atoms with Crippen molar-refractivity contribution in [1.82, 2.24) is 4.90 Å². The van der Waals surface area contributed by atoms with E-state index in [4.69, 9.17) is 9.52 Å². The molecule has 1 N–H and O–H groups in total. The van der Waals surface area contributed by atoms with Gasteiger partial charge in [-0.3, -0.25) is 4.79 Å². The molecule has 1 atom stereocenters. The van der Waals surface area contributed by atoms with Gasteiger partial charge in [0, 0.05) is 19.2 Å². The number of amides is 1. The number of rotatable bonds is 2. The lowest BCUT2D eigenvalue weighted by Crippen LogP contribution is -2.31. The Bertz CT molecular complexity index is 452. The molecule has 2 rings (SSSR count). The van der Waals surface area contributed by atoms with Crippen LogP contribution >= 0.6 is 0 Å². The average Bonchev–Trinajstić information content (AvgIpc) is 2.73. The van der Waals surface area contributed by atoms with Crippen LogP contribution in [0, 0.1) is 5.92 Å². The van der Waals surface area contributed by atoms with E-state index in [1.807, 2.05) is 0 Å². The first-order valence-corrected chi connectivity index (χ1v) is 6.19. The van der Waals surface area contributed by atoms with Crippen molar-refractivity contribution in [2.24, 2.45) is 5.92 Å². The number of furan rings is 1. The Morgan fingerprint density at radius 1 is 1.39 bits per heavy atom. The summed E-state index contributed by atoms with van der Waals surface area (Å²) in [5.41, 5.74) is 0.0153. The minimum absolute atomic E-state index is 0.0153. The fraction of sp³-hybridized carbons (Fsp3) is 0.538. The van der Waals surface area contributed by atoms with Gasteiger partial charge in [-0.2, -0.15) is 0 Å².